The van der Waals surface area contributed by atoms with Crippen molar-refractivity contribution in [2.24, 2.45) is 5.92 Å². The molecule has 1 saturated heterocycles. The van der Waals surface area contributed by atoms with E-state index >= 15 is 0 Å². The minimum absolute atomic E-state index is 0.0944. The highest BCUT2D eigenvalue weighted by molar-refractivity contribution is 5.88. The molecule has 3 rings (SSSR count). The second-order valence-corrected chi connectivity index (χ2v) is 6.13. The van der Waals surface area contributed by atoms with Gasteiger partial charge in [0.2, 0.25) is 5.76 Å². The summed E-state index contributed by atoms with van der Waals surface area (Å²) in [5, 5.41) is 4.07. The Morgan fingerprint density at radius 3 is 3.04 bits per heavy atom. The monoisotopic (exact) mass is 331 g/mol. The van der Waals surface area contributed by atoms with Crippen molar-refractivity contribution in [1.82, 2.24) is 14.7 Å². The fourth-order valence-electron chi connectivity index (χ4n) is 2.83. The Balaban J connectivity index is 1.50. The van der Waals surface area contributed by atoms with Crippen molar-refractivity contribution >= 4 is 11.9 Å². The lowest BCUT2D eigenvalue weighted by Crippen LogP contribution is -2.41. The zero-order valence-electron chi connectivity index (χ0n) is 13.7. The number of aromatic nitrogens is 2. The molecule has 2 aromatic heterocycles. The van der Waals surface area contributed by atoms with Crippen LogP contribution in [0, 0.1) is 5.92 Å². The van der Waals surface area contributed by atoms with Crippen molar-refractivity contribution in [2.75, 3.05) is 19.7 Å². The zero-order chi connectivity index (χ0) is 16.9. The minimum atomic E-state index is -0.625. The Bertz CT molecular complexity index is 693. The number of amides is 1. The molecule has 1 aliphatic rings. The molecule has 1 aliphatic heterocycles. The van der Waals surface area contributed by atoms with Crippen LogP contribution in [0.5, 0.6) is 0 Å². The Labute approximate surface area is 140 Å². The van der Waals surface area contributed by atoms with Crippen molar-refractivity contribution < 1.29 is 18.7 Å². The number of rotatable bonds is 5. The van der Waals surface area contributed by atoms with Crippen LogP contribution >= 0.6 is 0 Å². The predicted molar refractivity (Wildman–Crippen MR) is 85.3 cm³/mol. The Morgan fingerprint density at radius 1 is 1.42 bits per heavy atom. The number of hydrogen-bond acceptors (Lipinski definition) is 5. The smallest absolute Gasteiger partial charge is 0.374 e. The molecule has 1 fully saturated rings. The van der Waals surface area contributed by atoms with Gasteiger partial charge in [0.05, 0.1) is 6.54 Å². The highest BCUT2D eigenvalue weighted by atomic mass is 16.5. The predicted octanol–water partition coefficient (Wildman–Crippen LogP) is 1.94. The quantitative estimate of drug-likeness (QED) is 0.783. The number of hydrogen-bond donors (Lipinski definition) is 0. The number of likely N-dealkylation sites (tertiary alicyclic amines) is 1. The number of esters is 1. The van der Waals surface area contributed by atoms with Gasteiger partial charge in [0, 0.05) is 25.5 Å². The number of carbonyl (C=O) groups excluding carboxylic acids is 2. The molecule has 2 aromatic rings. The van der Waals surface area contributed by atoms with Gasteiger partial charge in [-0.05, 0) is 37.0 Å². The normalized spacial score (nSPS) is 17.7. The van der Waals surface area contributed by atoms with E-state index in [-0.39, 0.29) is 18.3 Å². The van der Waals surface area contributed by atoms with Crippen LogP contribution in [0.2, 0.25) is 0 Å². The van der Waals surface area contributed by atoms with E-state index in [0.717, 1.165) is 25.9 Å². The lowest BCUT2D eigenvalue weighted by Gasteiger charge is -2.30. The zero-order valence-corrected chi connectivity index (χ0v) is 13.7. The molecule has 0 spiro atoms. The molecule has 3 heterocycles. The summed E-state index contributed by atoms with van der Waals surface area (Å²) in [6, 6.07) is 5.06. The molecule has 1 amide bonds. The second kappa shape index (κ2) is 7.33. The number of ether oxygens (including phenoxy) is 1. The lowest BCUT2D eigenvalue weighted by atomic mass is 10.0. The summed E-state index contributed by atoms with van der Waals surface area (Å²) >= 11 is 0. The number of carbonyl (C=O) groups is 2. The van der Waals surface area contributed by atoms with Crippen molar-refractivity contribution in [1.29, 1.82) is 0 Å². The average molecular weight is 331 g/mol. The molecule has 0 saturated carbocycles. The van der Waals surface area contributed by atoms with Crippen LogP contribution in [0.1, 0.15) is 36.1 Å². The third-order valence-corrected chi connectivity index (χ3v) is 4.08. The van der Waals surface area contributed by atoms with Gasteiger partial charge >= 0.3 is 5.97 Å². The van der Waals surface area contributed by atoms with E-state index in [1.807, 2.05) is 6.07 Å². The molecule has 0 bridgehead atoms. The van der Waals surface area contributed by atoms with Gasteiger partial charge in [-0.1, -0.05) is 6.92 Å². The van der Waals surface area contributed by atoms with Crippen LogP contribution in [0.3, 0.4) is 0 Å². The first-order chi connectivity index (χ1) is 11.6. The maximum absolute atomic E-state index is 12.1. The Kier molecular flexibility index (Phi) is 4.98. The van der Waals surface area contributed by atoms with Crippen molar-refractivity contribution in [2.45, 2.75) is 26.3 Å². The summed E-state index contributed by atoms with van der Waals surface area (Å²) in [4.78, 5) is 25.9. The first-order valence-corrected chi connectivity index (χ1v) is 8.13. The SMILES string of the molecule is CC1CCCN(C(=O)COC(=O)c2ccc(Cn3cccn3)o2)C1. The largest absolute Gasteiger partial charge is 0.452 e. The number of furan rings is 1. The van der Waals surface area contributed by atoms with Gasteiger partial charge in [0.1, 0.15) is 5.76 Å². The van der Waals surface area contributed by atoms with Gasteiger partial charge in [-0.3, -0.25) is 9.48 Å². The van der Waals surface area contributed by atoms with E-state index in [2.05, 4.69) is 12.0 Å². The van der Waals surface area contributed by atoms with Crippen LogP contribution < -0.4 is 0 Å². The van der Waals surface area contributed by atoms with Crippen LogP contribution in [-0.2, 0) is 16.1 Å². The highest BCUT2D eigenvalue weighted by Crippen LogP contribution is 2.16. The third kappa shape index (κ3) is 4.04. The maximum Gasteiger partial charge on any atom is 0.374 e. The van der Waals surface area contributed by atoms with E-state index in [4.69, 9.17) is 9.15 Å². The summed E-state index contributed by atoms with van der Waals surface area (Å²) in [5.74, 6) is 0.408. The molecule has 24 heavy (non-hydrogen) atoms. The minimum Gasteiger partial charge on any atom is -0.452 e. The fourth-order valence-corrected chi connectivity index (χ4v) is 2.83. The first kappa shape index (κ1) is 16.3. The molecule has 0 radical (unpaired) electrons. The molecular formula is C17H21N3O4. The third-order valence-electron chi connectivity index (χ3n) is 4.08. The summed E-state index contributed by atoms with van der Waals surface area (Å²) in [5.41, 5.74) is 0. The molecule has 0 aromatic carbocycles. The van der Waals surface area contributed by atoms with Crippen LogP contribution in [0.4, 0.5) is 0 Å². The molecule has 0 aliphatic carbocycles. The van der Waals surface area contributed by atoms with Crippen LogP contribution in [0.25, 0.3) is 0 Å². The molecule has 7 nitrogen and oxygen atoms in total. The number of piperidine rings is 1. The molecule has 128 valence electrons. The van der Waals surface area contributed by atoms with E-state index < -0.39 is 5.97 Å². The summed E-state index contributed by atoms with van der Waals surface area (Å²) in [6.45, 7) is 3.77. The Hall–Kier alpha value is -2.57. The maximum atomic E-state index is 12.1. The van der Waals surface area contributed by atoms with Crippen molar-refractivity contribution in [3.05, 3.63) is 42.1 Å². The van der Waals surface area contributed by atoms with Crippen LogP contribution in [-0.4, -0.2) is 46.3 Å². The summed E-state index contributed by atoms with van der Waals surface area (Å²) in [7, 11) is 0. The lowest BCUT2D eigenvalue weighted by molar-refractivity contribution is -0.136. The highest BCUT2D eigenvalue weighted by Gasteiger charge is 2.22. The van der Waals surface area contributed by atoms with Gasteiger partial charge in [0.25, 0.3) is 5.91 Å². The molecule has 1 atom stereocenters. The van der Waals surface area contributed by atoms with Gasteiger partial charge in [0.15, 0.2) is 6.61 Å². The molecule has 1 unspecified atom stereocenters. The molecular weight excluding hydrogens is 310 g/mol. The van der Waals surface area contributed by atoms with E-state index in [9.17, 15) is 9.59 Å². The van der Waals surface area contributed by atoms with Gasteiger partial charge in [-0.25, -0.2) is 4.79 Å². The van der Waals surface area contributed by atoms with Crippen molar-refractivity contribution in [3.8, 4) is 0 Å². The van der Waals surface area contributed by atoms with Gasteiger partial charge in [-0.2, -0.15) is 5.10 Å². The van der Waals surface area contributed by atoms with Crippen molar-refractivity contribution in [3.63, 3.8) is 0 Å². The summed E-state index contributed by atoms with van der Waals surface area (Å²) < 4.78 is 12.2. The van der Waals surface area contributed by atoms with E-state index in [0.29, 0.717) is 18.2 Å². The van der Waals surface area contributed by atoms with E-state index in [1.165, 1.54) is 0 Å². The number of nitrogens with zero attached hydrogens (tertiary/aromatic N) is 3. The first-order valence-electron chi connectivity index (χ1n) is 8.13. The standard InChI is InChI=1S/C17H21N3O4/c1-13-4-2-8-19(10-13)16(21)12-23-17(22)15-6-5-14(24-15)11-20-9-3-7-18-20/h3,5-7,9,13H,2,4,8,10-12H2,1H3. The van der Waals surface area contributed by atoms with E-state index in [1.54, 1.807) is 34.1 Å². The van der Waals surface area contributed by atoms with Crippen LogP contribution in [0.15, 0.2) is 35.0 Å². The average Bonchev–Trinajstić information content (AvgIpc) is 3.24. The summed E-state index contributed by atoms with van der Waals surface area (Å²) in [6.07, 6.45) is 5.61. The van der Waals surface area contributed by atoms with Gasteiger partial charge < -0.3 is 14.1 Å². The second-order valence-electron chi connectivity index (χ2n) is 6.13. The fraction of sp³-hybridized carbons (Fsp3) is 0.471. The Morgan fingerprint density at radius 2 is 2.29 bits per heavy atom. The topological polar surface area (TPSA) is 77.6 Å². The molecule has 0 N–H and O–H groups in total. The van der Waals surface area contributed by atoms with Gasteiger partial charge in [-0.15, -0.1) is 0 Å². The molecule has 7 heteroatoms.